The molecule has 1 aliphatic heterocycles. The number of benzene rings is 2. The fourth-order valence-corrected chi connectivity index (χ4v) is 5.02. The van der Waals surface area contributed by atoms with Crippen LogP contribution in [-0.4, -0.2) is 59.7 Å². The minimum Gasteiger partial charge on any atom is -0.336 e. The Morgan fingerprint density at radius 1 is 0.871 bits per heavy atom. The molecule has 4 rings (SSSR count). The van der Waals surface area contributed by atoms with Crippen molar-refractivity contribution in [2.24, 2.45) is 0 Å². The second kappa shape index (κ2) is 8.56. The number of hydrogen-bond acceptors (Lipinski definition) is 5. The number of amides is 1. The van der Waals surface area contributed by atoms with Crippen LogP contribution in [0.15, 0.2) is 65.8 Å². The van der Waals surface area contributed by atoms with Crippen LogP contribution in [0.2, 0.25) is 0 Å². The molecule has 1 amide bonds. The number of hydrogen-bond donors (Lipinski definition) is 0. The van der Waals surface area contributed by atoms with Gasteiger partial charge in [-0.25, -0.2) is 18.4 Å². The van der Waals surface area contributed by atoms with Crippen LogP contribution in [-0.2, 0) is 10.0 Å². The van der Waals surface area contributed by atoms with Gasteiger partial charge < -0.3 is 4.90 Å². The standard InChI is InChI=1S/C23H24N4O3S/c1-17-8-9-21(14-18(17)2)31(29,30)27-12-10-26(11-13-27)23(28)20-15-24-22(25-16-20)19-6-4-3-5-7-19/h3-9,14-16H,10-13H2,1-2H3. The van der Waals surface area contributed by atoms with Crippen LogP contribution >= 0.6 is 0 Å². The average Bonchev–Trinajstić information content (AvgIpc) is 2.81. The van der Waals surface area contributed by atoms with Gasteiger partial charge in [-0.3, -0.25) is 4.79 Å². The van der Waals surface area contributed by atoms with Gasteiger partial charge in [0.1, 0.15) is 0 Å². The summed E-state index contributed by atoms with van der Waals surface area (Å²) in [5.74, 6) is 0.365. The van der Waals surface area contributed by atoms with E-state index in [-0.39, 0.29) is 19.0 Å². The fraction of sp³-hybridized carbons (Fsp3) is 0.261. The topological polar surface area (TPSA) is 83.5 Å². The Hall–Kier alpha value is -3.10. The Morgan fingerprint density at radius 2 is 1.52 bits per heavy atom. The Morgan fingerprint density at radius 3 is 2.13 bits per heavy atom. The third-order valence-corrected chi connectivity index (χ3v) is 7.47. The van der Waals surface area contributed by atoms with Gasteiger partial charge in [-0.1, -0.05) is 36.4 Å². The molecule has 0 aliphatic carbocycles. The molecule has 1 aromatic heterocycles. The molecule has 3 aromatic rings. The highest BCUT2D eigenvalue weighted by Gasteiger charge is 2.30. The van der Waals surface area contributed by atoms with E-state index in [1.54, 1.807) is 17.0 Å². The van der Waals surface area contributed by atoms with Crippen molar-refractivity contribution >= 4 is 15.9 Å². The van der Waals surface area contributed by atoms with E-state index >= 15 is 0 Å². The molecule has 0 radical (unpaired) electrons. The van der Waals surface area contributed by atoms with E-state index < -0.39 is 10.0 Å². The number of sulfonamides is 1. The van der Waals surface area contributed by atoms with Gasteiger partial charge >= 0.3 is 0 Å². The van der Waals surface area contributed by atoms with E-state index in [9.17, 15) is 13.2 Å². The van der Waals surface area contributed by atoms with Gasteiger partial charge in [0.25, 0.3) is 5.91 Å². The maximum atomic E-state index is 13.0. The summed E-state index contributed by atoms with van der Waals surface area (Å²) >= 11 is 0. The van der Waals surface area contributed by atoms with Crippen LogP contribution in [0, 0.1) is 13.8 Å². The van der Waals surface area contributed by atoms with Crippen LogP contribution in [0.3, 0.4) is 0 Å². The highest BCUT2D eigenvalue weighted by atomic mass is 32.2. The molecule has 160 valence electrons. The average molecular weight is 437 g/mol. The second-order valence-electron chi connectivity index (χ2n) is 7.60. The molecule has 8 heteroatoms. The molecule has 2 heterocycles. The van der Waals surface area contributed by atoms with Gasteiger partial charge in [0.15, 0.2) is 5.82 Å². The molecular weight excluding hydrogens is 412 g/mol. The summed E-state index contributed by atoms with van der Waals surface area (Å²) in [5, 5.41) is 0. The summed E-state index contributed by atoms with van der Waals surface area (Å²) < 4.78 is 27.4. The molecule has 0 saturated carbocycles. The van der Waals surface area contributed by atoms with Crippen LogP contribution in [0.5, 0.6) is 0 Å². The second-order valence-corrected chi connectivity index (χ2v) is 9.54. The highest BCUT2D eigenvalue weighted by Crippen LogP contribution is 2.21. The number of aryl methyl sites for hydroxylation is 2. The molecule has 0 spiro atoms. The molecule has 0 unspecified atom stereocenters. The lowest BCUT2D eigenvalue weighted by atomic mass is 10.1. The molecule has 0 N–H and O–H groups in total. The van der Waals surface area contributed by atoms with Gasteiger partial charge in [0.05, 0.1) is 10.5 Å². The van der Waals surface area contributed by atoms with Crippen molar-refractivity contribution in [1.82, 2.24) is 19.2 Å². The zero-order valence-corrected chi connectivity index (χ0v) is 18.3. The summed E-state index contributed by atoms with van der Waals surface area (Å²) in [5.41, 5.74) is 3.26. The summed E-state index contributed by atoms with van der Waals surface area (Å²) in [4.78, 5) is 23.4. The Balaban J connectivity index is 1.42. The molecule has 0 atom stereocenters. The lowest BCUT2D eigenvalue weighted by Crippen LogP contribution is -2.50. The third kappa shape index (κ3) is 4.35. The van der Waals surface area contributed by atoms with Gasteiger partial charge in [0.2, 0.25) is 10.0 Å². The minimum absolute atomic E-state index is 0.192. The maximum Gasteiger partial charge on any atom is 0.257 e. The molecule has 1 fully saturated rings. The van der Waals surface area contributed by atoms with Gasteiger partial charge in [-0.05, 0) is 37.1 Å². The maximum absolute atomic E-state index is 13.0. The van der Waals surface area contributed by atoms with E-state index in [1.807, 2.05) is 50.2 Å². The first-order valence-electron chi connectivity index (χ1n) is 10.1. The monoisotopic (exact) mass is 436 g/mol. The quantitative estimate of drug-likeness (QED) is 0.628. The third-order valence-electron chi connectivity index (χ3n) is 5.57. The van der Waals surface area contributed by atoms with Crippen molar-refractivity contribution in [2.45, 2.75) is 18.7 Å². The normalized spacial score (nSPS) is 15.1. The molecule has 1 aliphatic rings. The summed E-state index contributed by atoms with van der Waals surface area (Å²) in [7, 11) is -3.58. The predicted octanol–water partition coefficient (Wildman–Crippen LogP) is 2.91. The fourth-order valence-electron chi connectivity index (χ4n) is 3.51. The molecule has 1 saturated heterocycles. The summed E-state index contributed by atoms with van der Waals surface area (Å²) in [6.45, 7) is 5.00. The zero-order valence-electron chi connectivity index (χ0n) is 17.5. The lowest BCUT2D eigenvalue weighted by molar-refractivity contribution is 0.0697. The first-order chi connectivity index (χ1) is 14.9. The van der Waals surface area contributed by atoms with Crippen molar-refractivity contribution in [3.63, 3.8) is 0 Å². The predicted molar refractivity (Wildman–Crippen MR) is 118 cm³/mol. The Kier molecular flexibility index (Phi) is 5.84. The minimum atomic E-state index is -3.58. The smallest absolute Gasteiger partial charge is 0.257 e. The highest BCUT2D eigenvalue weighted by molar-refractivity contribution is 7.89. The van der Waals surface area contributed by atoms with E-state index in [0.29, 0.717) is 29.4 Å². The first-order valence-corrected chi connectivity index (χ1v) is 11.5. The van der Waals surface area contributed by atoms with E-state index in [2.05, 4.69) is 9.97 Å². The van der Waals surface area contributed by atoms with Gasteiger partial charge in [0, 0.05) is 44.1 Å². The summed E-state index contributed by atoms with van der Waals surface area (Å²) in [6, 6.07) is 14.7. The SMILES string of the molecule is Cc1ccc(S(=O)(=O)N2CCN(C(=O)c3cnc(-c4ccccc4)nc3)CC2)cc1C. The van der Waals surface area contributed by atoms with Crippen molar-refractivity contribution < 1.29 is 13.2 Å². The van der Waals surface area contributed by atoms with Crippen molar-refractivity contribution in [1.29, 1.82) is 0 Å². The van der Waals surface area contributed by atoms with Gasteiger partial charge in [-0.2, -0.15) is 4.31 Å². The molecule has 31 heavy (non-hydrogen) atoms. The molecule has 0 bridgehead atoms. The molecular formula is C23H24N4O3S. The molecule has 7 nitrogen and oxygen atoms in total. The first kappa shape index (κ1) is 21.1. The lowest BCUT2D eigenvalue weighted by Gasteiger charge is -2.34. The number of carbonyl (C=O) groups excluding carboxylic acids is 1. The zero-order chi connectivity index (χ0) is 22.0. The Labute approximate surface area is 182 Å². The van der Waals surface area contributed by atoms with Gasteiger partial charge in [-0.15, -0.1) is 0 Å². The summed E-state index contributed by atoms with van der Waals surface area (Å²) in [6.07, 6.45) is 3.05. The van der Waals surface area contributed by atoms with Crippen LogP contribution in [0.4, 0.5) is 0 Å². The van der Waals surface area contributed by atoms with Crippen LogP contribution in [0.25, 0.3) is 11.4 Å². The number of rotatable bonds is 4. The largest absolute Gasteiger partial charge is 0.336 e. The van der Waals surface area contributed by atoms with Crippen molar-refractivity contribution in [3.05, 3.63) is 77.6 Å². The van der Waals surface area contributed by atoms with Crippen LogP contribution < -0.4 is 0 Å². The number of piperazine rings is 1. The number of carbonyl (C=O) groups is 1. The number of aromatic nitrogens is 2. The van der Waals surface area contributed by atoms with Crippen molar-refractivity contribution in [3.8, 4) is 11.4 Å². The van der Waals surface area contributed by atoms with E-state index in [4.69, 9.17) is 0 Å². The number of nitrogens with zero attached hydrogens (tertiary/aromatic N) is 4. The van der Waals surface area contributed by atoms with Crippen molar-refractivity contribution in [2.75, 3.05) is 26.2 Å². The Bertz CT molecular complexity index is 1190. The van der Waals surface area contributed by atoms with Crippen LogP contribution in [0.1, 0.15) is 21.5 Å². The van der Waals surface area contributed by atoms with E-state index in [0.717, 1.165) is 16.7 Å². The molecule has 2 aromatic carbocycles. The van der Waals surface area contributed by atoms with E-state index in [1.165, 1.54) is 16.7 Å².